The van der Waals surface area contributed by atoms with Crippen LogP contribution in [0.25, 0.3) is 0 Å². The molecule has 2 saturated heterocycles. The highest BCUT2D eigenvalue weighted by molar-refractivity contribution is 7.13. The van der Waals surface area contributed by atoms with Gasteiger partial charge in [-0.1, -0.05) is 0 Å². The van der Waals surface area contributed by atoms with Crippen molar-refractivity contribution in [3.63, 3.8) is 0 Å². The average molecular weight is 416 g/mol. The topological polar surface area (TPSA) is 81.6 Å². The van der Waals surface area contributed by atoms with Gasteiger partial charge < -0.3 is 20.2 Å². The Hall–Kier alpha value is -2.19. The lowest BCUT2D eigenvalue weighted by Gasteiger charge is -2.35. The second kappa shape index (κ2) is 9.09. The van der Waals surface area contributed by atoms with Crippen LogP contribution in [-0.2, 0) is 0 Å². The lowest BCUT2D eigenvalue weighted by Crippen LogP contribution is -2.45. The molecule has 2 fully saturated rings. The van der Waals surface area contributed by atoms with Crippen LogP contribution in [0.2, 0.25) is 0 Å². The summed E-state index contributed by atoms with van der Waals surface area (Å²) < 4.78 is 0. The predicted molar refractivity (Wildman–Crippen MR) is 116 cm³/mol. The van der Waals surface area contributed by atoms with Crippen molar-refractivity contribution in [3.05, 3.63) is 34.3 Å². The first-order valence-corrected chi connectivity index (χ1v) is 11.2. The number of hydrogen-bond acceptors (Lipinski definition) is 7. The number of thiophene rings is 1. The van der Waals surface area contributed by atoms with Crippen molar-refractivity contribution in [2.75, 3.05) is 42.6 Å². The van der Waals surface area contributed by atoms with Gasteiger partial charge in [0.15, 0.2) is 0 Å². The van der Waals surface area contributed by atoms with E-state index >= 15 is 0 Å². The normalized spacial score (nSPS) is 20.7. The van der Waals surface area contributed by atoms with E-state index in [4.69, 9.17) is 0 Å². The van der Waals surface area contributed by atoms with Crippen LogP contribution in [0, 0.1) is 12.8 Å². The summed E-state index contributed by atoms with van der Waals surface area (Å²) in [5.41, 5.74) is 0. The molecule has 0 radical (unpaired) electrons. The van der Waals surface area contributed by atoms with Crippen LogP contribution < -0.4 is 15.1 Å². The van der Waals surface area contributed by atoms with Gasteiger partial charge in [-0.25, -0.2) is 9.97 Å². The van der Waals surface area contributed by atoms with Crippen molar-refractivity contribution in [2.24, 2.45) is 5.92 Å². The molecule has 1 atom stereocenters. The maximum absolute atomic E-state index is 12.4. The quantitative estimate of drug-likeness (QED) is 0.781. The number of aryl methyl sites for hydroxylation is 1. The first-order valence-electron chi connectivity index (χ1n) is 10.4. The molecule has 4 heterocycles. The van der Waals surface area contributed by atoms with Gasteiger partial charge in [-0.3, -0.25) is 4.79 Å². The molecule has 0 aliphatic carbocycles. The molecular weight excluding hydrogens is 386 g/mol. The lowest BCUT2D eigenvalue weighted by atomic mass is 9.99. The van der Waals surface area contributed by atoms with Crippen molar-refractivity contribution < 1.29 is 9.90 Å². The molecule has 0 spiro atoms. The molecule has 1 unspecified atom stereocenters. The fraction of sp³-hybridized carbons (Fsp3) is 0.571. The van der Waals surface area contributed by atoms with Gasteiger partial charge in [-0.2, -0.15) is 0 Å². The van der Waals surface area contributed by atoms with Crippen LogP contribution in [0.5, 0.6) is 0 Å². The lowest BCUT2D eigenvalue weighted by molar-refractivity contribution is 0.0935. The Balaban J connectivity index is 1.33. The third kappa shape index (κ3) is 4.87. The summed E-state index contributed by atoms with van der Waals surface area (Å²) in [6, 6.07) is 6.15. The average Bonchev–Trinajstić information content (AvgIpc) is 3.21. The second-order valence-corrected chi connectivity index (χ2v) is 9.30. The molecule has 2 aliphatic heterocycles. The maximum Gasteiger partial charge on any atom is 0.261 e. The van der Waals surface area contributed by atoms with Crippen LogP contribution in [0.4, 0.5) is 11.6 Å². The van der Waals surface area contributed by atoms with E-state index in [0.29, 0.717) is 5.92 Å². The molecule has 156 valence electrons. The van der Waals surface area contributed by atoms with Gasteiger partial charge in [0.25, 0.3) is 5.91 Å². The van der Waals surface area contributed by atoms with Gasteiger partial charge in [0, 0.05) is 49.8 Å². The van der Waals surface area contributed by atoms with Crippen molar-refractivity contribution in [3.8, 4) is 0 Å². The van der Waals surface area contributed by atoms with E-state index in [9.17, 15) is 9.90 Å². The largest absolute Gasteiger partial charge is 0.396 e. The Kier molecular flexibility index (Phi) is 6.30. The van der Waals surface area contributed by atoms with Crippen LogP contribution in [-0.4, -0.2) is 59.8 Å². The van der Waals surface area contributed by atoms with Crippen molar-refractivity contribution in [1.82, 2.24) is 15.3 Å². The van der Waals surface area contributed by atoms with Crippen molar-refractivity contribution in [1.29, 1.82) is 0 Å². The first-order chi connectivity index (χ1) is 14.1. The van der Waals surface area contributed by atoms with Gasteiger partial charge in [0.05, 0.1) is 4.88 Å². The van der Waals surface area contributed by atoms with Crippen LogP contribution in [0.15, 0.2) is 24.5 Å². The summed E-state index contributed by atoms with van der Waals surface area (Å²) >= 11 is 1.54. The van der Waals surface area contributed by atoms with Crippen LogP contribution >= 0.6 is 11.3 Å². The zero-order valence-electron chi connectivity index (χ0n) is 16.9. The first kappa shape index (κ1) is 20.1. The summed E-state index contributed by atoms with van der Waals surface area (Å²) in [6.07, 6.45) is 5.62. The minimum Gasteiger partial charge on any atom is -0.396 e. The number of aliphatic hydroxyl groups is 1. The smallest absolute Gasteiger partial charge is 0.261 e. The van der Waals surface area contributed by atoms with Crippen molar-refractivity contribution >= 4 is 28.9 Å². The van der Waals surface area contributed by atoms with Gasteiger partial charge >= 0.3 is 0 Å². The SMILES string of the molecule is Cc1ccc(C(=O)NC2CCN(c3cc(N4CCCC(CO)C4)ncn3)CC2)s1. The number of hydrogen-bond donors (Lipinski definition) is 2. The zero-order chi connectivity index (χ0) is 20.2. The molecule has 8 heteroatoms. The molecule has 29 heavy (non-hydrogen) atoms. The molecule has 2 N–H and O–H groups in total. The molecule has 2 aromatic heterocycles. The standard InChI is InChI=1S/C21H29N5O2S/c1-15-4-5-18(29-15)21(28)24-17-6-9-25(10-7-17)19-11-20(23-14-22-19)26-8-2-3-16(12-26)13-27/h4-5,11,14,16-17,27H,2-3,6-10,12-13H2,1H3,(H,24,28). The highest BCUT2D eigenvalue weighted by Gasteiger charge is 2.24. The molecule has 0 saturated carbocycles. The van der Waals surface area contributed by atoms with E-state index in [2.05, 4.69) is 31.2 Å². The van der Waals surface area contributed by atoms with E-state index in [0.717, 1.165) is 73.3 Å². The zero-order valence-corrected chi connectivity index (χ0v) is 17.7. The molecule has 0 aromatic carbocycles. The van der Waals surface area contributed by atoms with E-state index < -0.39 is 0 Å². The Morgan fingerprint density at radius 2 is 1.93 bits per heavy atom. The number of aromatic nitrogens is 2. The number of piperidine rings is 2. The van der Waals surface area contributed by atoms with Gasteiger partial charge in [-0.05, 0) is 50.7 Å². The van der Waals surface area contributed by atoms with Crippen LogP contribution in [0.1, 0.15) is 40.2 Å². The fourth-order valence-electron chi connectivity index (χ4n) is 4.17. The highest BCUT2D eigenvalue weighted by atomic mass is 32.1. The Morgan fingerprint density at radius 1 is 1.17 bits per heavy atom. The Labute approximate surface area is 175 Å². The monoisotopic (exact) mass is 415 g/mol. The Bertz CT molecular complexity index is 834. The van der Waals surface area contributed by atoms with E-state index in [1.807, 2.05) is 19.1 Å². The minimum atomic E-state index is 0.0365. The minimum absolute atomic E-state index is 0.0365. The molecule has 4 rings (SSSR count). The maximum atomic E-state index is 12.4. The number of anilines is 2. The van der Waals surface area contributed by atoms with Gasteiger partial charge in [0.2, 0.25) is 0 Å². The molecule has 0 bridgehead atoms. The number of aliphatic hydroxyl groups excluding tert-OH is 1. The van der Waals surface area contributed by atoms with Gasteiger partial charge in [-0.15, -0.1) is 11.3 Å². The molecule has 7 nitrogen and oxygen atoms in total. The number of nitrogens with zero attached hydrogens (tertiary/aromatic N) is 4. The van der Waals surface area contributed by atoms with E-state index in [1.54, 1.807) is 6.33 Å². The summed E-state index contributed by atoms with van der Waals surface area (Å²) in [5, 5.41) is 12.7. The third-order valence-corrected chi connectivity index (χ3v) is 6.86. The van der Waals surface area contributed by atoms with E-state index in [1.165, 1.54) is 11.3 Å². The summed E-state index contributed by atoms with van der Waals surface area (Å²) in [5.74, 6) is 2.25. The van der Waals surface area contributed by atoms with Crippen LogP contribution in [0.3, 0.4) is 0 Å². The van der Waals surface area contributed by atoms with Gasteiger partial charge in [0.1, 0.15) is 18.0 Å². The number of carbonyl (C=O) groups excluding carboxylic acids is 1. The summed E-state index contributed by atoms with van der Waals surface area (Å²) in [4.78, 5) is 27.8. The second-order valence-electron chi connectivity index (χ2n) is 8.02. The molecular formula is C21H29N5O2S. The molecule has 2 aromatic rings. The summed E-state index contributed by atoms with van der Waals surface area (Å²) in [6.45, 7) is 5.81. The van der Waals surface area contributed by atoms with Crippen molar-refractivity contribution in [2.45, 2.75) is 38.6 Å². The number of carbonyl (C=O) groups is 1. The fourth-order valence-corrected chi connectivity index (χ4v) is 4.94. The number of amides is 1. The van der Waals surface area contributed by atoms with E-state index in [-0.39, 0.29) is 18.6 Å². The molecule has 1 amide bonds. The molecule has 2 aliphatic rings. The third-order valence-electron chi connectivity index (χ3n) is 5.86. The number of rotatable bonds is 5. The highest BCUT2D eigenvalue weighted by Crippen LogP contribution is 2.25. The summed E-state index contributed by atoms with van der Waals surface area (Å²) in [7, 11) is 0. The predicted octanol–water partition coefficient (Wildman–Crippen LogP) is 2.45. The number of nitrogens with one attached hydrogen (secondary N) is 1. The Morgan fingerprint density at radius 3 is 2.62 bits per heavy atom.